The molecule has 0 bridgehead atoms. The summed E-state index contributed by atoms with van der Waals surface area (Å²) < 4.78 is 56.7. The smallest absolute Gasteiger partial charge is 0.323 e. The predicted octanol–water partition coefficient (Wildman–Crippen LogP) is 5.34. The average Bonchev–Trinajstić information content (AvgIpc) is 3.14. The molecule has 2 heterocycles. The van der Waals surface area contributed by atoms with Gasteiger partial charge in [0.15, 0.2) is 0 Å². The fraction of sp³-hybridized carbons (Fsp3) is 0.308. The first-order valence-corrected chi connectivity index (χ1v) is 12.6. The number of carbonyl (C=O) groups is 1. The molecule has 0 unspecified atom stereocenters. The Bertz CT molecular complexity index is 1180. The van der Waals surface area contributed by atoms with Crippen LogP contribution in [0, 0.1) is 9.39 Å². The second-order valence-corrected chi connectivity index (χ2v) is 9.92. The van der Waals surface area contributed by atoms with Crippen molar-refractivity contribution in [1.29, 1.82) is 0 Å². The van der Waals surface area contributed by atoms with Crippen LogP contribution in [0.25, 0.3) is 0 Å². The summed E-state index contributed by atoms with van der Waals surface area (Å²) in [4.78, 5) is 19.7. The molecule has 1 aliphatic heterocycles. The largest absolute Gasteiger partial charge is 0.416 e. The lowest BCUT2D eigenvalue weighted by Gasteiger charge is -2.37. The third-order valence-electron chi connectivity index (χ3n) is 6.14. The van der Waals surface area contributed by atoms with Crippen LogP contribution in [0.15, 0.2) is 66.9 Å². The van der Waals surface area contributed by atoms with Crippen molar-refractivity contribution in [1.82, 2.24) is 20.5 Å². The second kappa shape index (κ2) is 11.1. The number of alkyl halides is 3. The first-order valence-electron chi connectivity index (χ1n) is 11.5. The number of halogens is 5. The molecule has 0 saturated carbocycles. The van der Waals surface area contributed by atoms with E-state index in [1.54, 1.807) is 35.4 Å². The van der Waals surface area contributed by atoms with Gasteiger partial charge in [0.05, 0.1) is 11.3 Å². The van der Waals surface area contributed by atoms with E-state index < -0.39 is 29.1 Å². The van der Waals surface area contributed by atoms with Gasteiger partial charge in [-0.1, -0.05) is 30.3 Å². The monoisotopic (exact) mass is 612 g/mol. The van der Waals surface area contributed by atoms with Gasteiger partial charge in [-0.25, -0.2) is 9.18 Å². The molecular weight excluding hydrogens is 587 g/mol. The summed E-state index contributed by atoms with van der Waals surface area (Å²) in [6, 6.07) is 14.4. The predicted molar refractivity (Wildman–Crippen MR) is 137 cm³/mol. The zero-order valence-corrected chi connectivity index (χ0v) is 21.4. The van der Waals surface area contributed by atoms with E-state index in [-0.39, 0.29) is 12.0 Å². The Morgan fingerprint density at radius 2 is 1.78 bits per heavy atom. The Morgan fingerprint density at radius 1 is 1.03 bits per heavy atom. The van der Waals surface area contributed by atoms with Gasteiger partial charge in [0.25, 0.3) is 0 Å². The van der Waals surface area contributed by atoms with E-state index in [0.29, 0.717) is 31.4 Å². The summed E-state index contributed by atoms with van der Waals surface area (Å²) in [5.74, 6) is -1.05. The van der Waals surface area contributed by atoms with Crippen LogP contribution in [0.3, 0.4) is 0 Å². The highest BCUT2D eigenvalue weighted by atomic mass is 127. The number of hydrogen-bond donors (Lipinski definition) is 2. The van der Waals surface area contributed by atoms with Crippen LogP contribution in [0.5, 0.6) is 0 Å². The van der Waals surface area contributed by atoms with Gasteiger partial charge in [-0.3, -0.25) is 4.98 Å². The quantitative estimate of drug-likeness (QED) is 0.303. The fourth-order valence-electron chi connectivity index (χ4n) is 4.36. The van der Waals surface area contributed by atoms with Crippen LogP contribution in [-0.2, 0) is 18.1 Å². The highest BCUT2D eigenvalue weighted by Crippen LogP contribution is 2.38. The molecule has 36 heavy (non-hydrogen) atoms. The Kier molecular flexibility index (Phi) is 8.13. The van der Waals surface area contributed by atoms with Crippen LogP contribution >= 0.6 is 22.6 Å². The number of pyridine rings is 1. The van der Waals surface area contributed by atoms with Crippen molar-refractivity contribution >= 4 is 28.6 Å². The van der Waals surface area contributed by atoms with Gasteiger partial charge >= 0.3 is 12.2 Å². The molecule has 5 nitrogen and oxygen atoms in total. The van der Waals surface area contributed by atoms with Crippen LogP contribution in [0.2, 0.25) is 0 Å². The zero-order chi connectivity index (χ0) is 25.8. The lowest BCUT2D eigenvalue weighted by atomic mass is 9.79. The van der Waals surface area contributed by atoms with Gasteiger partial charge in [0, 0.05) is 35.8 Å². The molecule has 1 fully saturated rings. The van der Waals surface area contributed by atoms with E-state index >= 15 is 0 Å². The van der Waals surface area contributed by atoms with E-state index in [1.165, 1.54) is 0 Å². The number of hydrogen-bond acceptors (Lipinski definition) is 3. The molecule has 1 atom stereocenters. The maximum Gasteiger partial charge on any atom is 0.416 e. The summed E-state index contributed by atoms with van der Waals surface area (Å²) in [7, 11) is 0. The number of amides is 2. The van der Waals surface area contributed by atoms with E-state index in [4.69, 9.17) is 0 Å². The van der Waals surface area contributed by atoms with Crippen LogP contribution < -0.4 is 10.6 Å². The maximum absolute atomic E-state index is 14.7. The van der Waals surface area contributed by atoms with Gasteiger partial charge < -0.3 is 15.5 Å². The van der Waals surface area contributed by atoms with Crippen molar-refractivity contribution < 1.29 is 22.4 Å². The Labute approximate surface area is 220 Å². The molecule has 2 aromatic carbocycles. The first kappa shape index (κ1) is 26.3. The normalized spacial score (nSPS) is 16.2. The minimum absolute atomic E-state index is 0.0336. The molecule has 3 aromatic rings. The molecular formula is C26H25F4IN4O. The van der Waals surface area contributed by atoms with Crippen molar-refractivity contribution in [3.8, 4) is 0 Å². The summed E-state index contributed by atoms with van der Waals surface area (Å²) >= 11 is 2.08. The minimum atomic E-state index is -4.77. The minimum Gasteiger partial charge on any atom is -0.323 e. The Morgan fingerprint density at radius 3 is 2.47 bits per heavy atom. The summed E-state index contributed by atoms with van der Waals surface area (Å²) in [5, 5.41) is 6.22. The molecule has 1 aliphatic rings. The molecule has 2 N–H and O–H groups in total. The average molecular weight is 612 g/mol. The molecule has 1 aromatic heterocycles. The van der Waals surface area contributed by atoms with Crippen molar-refractivity contribution in [2.75, 3.05) is 26.2 Å². The highest BCUT2D eigenvalue weighted by Gasteiger charge is 2.41. The molecule has 10 heteroatoms. The summed E-state index contributed by atoms with van der Waals surface area (Å²) in [6.45, 7) is 2.27. The van der Waals surface area contributed by atoms with Crippen molar-refractivity contribution in [3.63, 3.8) is 0 Å². The number of carbonyl (C=O) groups excluding carboxylic acids is 1. The zero-order valence-electron chi connectivity index (χ0n) is 19.3. The van der Waals surface area contributed by atoms with E-state index in [2.05, 4.69) is 38.2 Å². The number of benzene rings is 2. The van der Waals surface area contributed by atoms with Crippen molar-refractivity contribution in [2.45, 2.75) is 24.6 Å². The summed E-state index contributed by atoms with van der Waals surface area (Å²) in [5.41, 5.74) is -1.67. The number of nitrogens with zero attached hydrogens (tertiary/aromatic N) is 2. The SMILES string of the molecule is O=C(N[C@@](Cc1ccccc1)(c1cc(F)cc(C(F)(F)F)c1)c1ccc(I)cn1)N1CCCNCC1. The third-order valence-corrected chi connectivity index (χ3v) is 6.78. The van der Waals surface area contributed by atoms with Crippen LogP contribution in [0.4, 0.5) is 22.4 Å². The molecule has 2 amide bonds. The van der Waals surface area contributed by atoms with Gasteiger partial charge in [0.2, 0.25) is 0 Å². The molecule has 4 rings (SSSR count). The first-order chi connectivity index (χ1) is 17.2. The number of nitrogens with one attached hydrogen (secondary N) is 2. The number of rotatable bonds is 5. The van der Waals surface area contributed by atoms with E-state index in [0.717, 1.165) is 34.2 Å². The van der Waals surface area contributed by atoms with Crippen molar-refractivity contribution in [3.05, 3.63) is 98.6 Å². The fourth-order valence-corrected chi connectivity index (χ4v) is 4.68. The Balaban J connectivity index is 1.91. The molecule has 0 radical (unpaired) electrons. The summed E-state index contributed by atoms with van der Waals surface area (Å²) in [6.07, 6.45) is -2.39. The number of urea groups is 1. The topological polar surface area (TPSA) is 57.3 Å². The van der Waals surface area contributed by atoms with Gasteiger partial charge in [0.1, 0.15) is 11.4 Å². The number of aromatic nitrogens is 1. The van der Waals surface area contributed by atoms with Gasteiger partial charge in [-0.05, 0) is 77.0 Å². The lowest BCUT2D eigenvalue weighted by Crippen LogP contribution is -2.54. The van der Waals surface area contributed by atoms with Crippen LogP contribution in [0.1, 0.15) is 28.8 Å². The van der Waals surface area contributed by atoms with Crippen LogP contribution in [-0.4, -0.2) is 42.1 Å². The highest BCUT2D eigenvalue weighted by molar-refractivity contribution is 14.1. The Hall–Kier alpha value is -2.73. The molecule has 0 aliphatic carbocycles. The molecule has 190 valence electrons. The standard InChI is InChI=1S/C26H25F4IN4O/c27-21-14-19(13-20(15-21)26(28,29)30)25(16-18-5-2-1-3-6-18,23-8-7-22(31)17-33-23)34-24(36)35-11-4-9-32-10-12-35/h1-3,5-8,13-15,17,32H,4,9-12,16H2,(H,34,36)/t25-/m0/s1. The molecule has 0 spiro atoms. The third kappa shape index (κ3) is 6.15. The molecule has 1 saturated heterocycles. The maximum atomic E-state index is 14.7. The van der Waals surface area contributed by atoms with Crippen molar-refractivity contribution in [2.24, 2.45) is 0 Å². The lowest BCUT2D eigenvalue weighted by molar-refractivity contribution is -0.137. The van der Waals surface area contributed by atoms with Gasteiger partial charge in [-0.15, -0.1) is 0 Å². The van der Waals surface area contributed by atoms with E-state index in [1.807, 2.05) is 18.2 Å². The van der Waals surface area contributed by atoms with Gasteiger partial charge in [-0.2, -0.15) is 13.2 Å². The second-order valence-electron chi connectivity index (χ2n) is 8.68. The van der Waals surface area contributed by atoms with E-state index in [9.17, 15) is 22.4 Å².